The molecule has 0 fully saturated rings. The highest BCUT2D eigenvalue weighted by Gasteiger charge is 2.14. The number of nitrogens with one attached hydrogen (secondary N) is 4. The second kappa shape index (κ2) is 15.1. The maximum Gasteiger partial charge on any atom is 0.121 e. The Morgan fingerprint density at radius 2 is 1.71 bits per heavy atom. The summed E-state index contributed by atoms with van der Waals surface area (Å²) in [5.74, 6) is 0.964. The lowest BCUT2D eigenvalue weighted by Crippen LogP contribution is -2.43. The average molecular weight is 512 g/mol. The minimum atomic E-state index is 0.394. The first-order chi connectivity index (χ1) is 18.7. The second-order valence-electron chi connectivity index (χ2n) is 9.72. The molecule has 0 saturated carbocycles. The zero-order valence-corrected chi connectivity index (χ0v) is 22.5. The number of para-hydroxylation sites is 2. The minimum Gasteiger partial charge on any atom is -0.341 e. The van der Waals surface area contributed by atoms with Gasteiger partial charge in [0, 0.05) is 51.5 Å². The van der Waals surface area contributed by atoms with Crippen molar-refractivity contribution in [1.82, 2.24) is 35.8 Å². The highest BCUT2D eigenvalue weighted by molar-refractivity contribution is 5.74. The molecule has 0 amide bonds. The van der Waals surface area contributed by atoms with Crippen LogP contribution in [0.5, 0.6) is 0 Å². The highest BCUT2D eigenvalue weighted by atomic mass is 15.2. The number of pyridine rings is 1. The predicted octanol–water partition coefficient (Wildman–Crippen LogP) is 4.39. The molecule has 0 radical (unpaired) electrons. The number of hydrogen-bond donors (Lipinski definition) is 4. The molecule has 7 heteroatoms. The van der Waals surface area contributed by atoms with Crippen molar-refractivity contribution in [3.8, 4) is 0 Å². The van der Waals surface area contributed by atoms with Crippen LogP contribution < -0.4 is 16.0 Å². The SMILES string of the molecule is C=CCCNCCN(Cc1ccc(CNCc2nc3ccccc3[nH]2)cc1)C(C)CNCc1ccccn1. The standard InChI is InChI=1S/C31H41N7/c1-3-4-16-32-18-19-38(25(2)20-33-22-28-9-7-8-17-35-28)24-27-14-12-26(13-15-27)21-34-23-31-36-29-10-5-6-11-30(29)37-31/h3,5-15,17,25,32-34H,1,4,16,18-24H2,2H3,(H,36,37). The molecule has 0 aliphatic rings. The van der Waals surface area contributed by atoms with Crippen LogP contribution in [0.1, 0.15) is 36.0 Å². The Bertz CT molecular complexity index is 1190. The van der Waals surface area contributed by atoms with Crippen LogP contribution in [0, 0.1) is 0 Å². The molecule has 2 heterocycles. The van der Waals surface area contributed by atoms with Crippen LogP contribution in [0.4, 0.5) is 0 Å². The number of nitrogens with zero attached hydrogens (tertiary/aromatic N) is 3. The number of imidazole rings is 1. The van der Waals surface area contributed by atoms with Gasteiger partial charge in [-0.2, -0.15) is 0 Å². The van der Waals surface area contributed by atoms with Crippen molar-refractivity contribution in [2.75, 3.05) is 26.2 Å². The van der Waals surface area contributed by atoms with Crippen molar-refractivity contribution in [2.24, 2.45) is 0 Å². The number of fused-ring (bicyclic) bond motifs is 1. The van der Waals surface area contributed by atoms with Gasteiger partial charge >= 0.3 is 0 Å². The van der Waals surface area contributed by atoms with Crippen LogP contribution in [0.3, 0.4) is 0 Å². The first-order valence-electron chi connectivity index (χ1n) is 13.6. The van der Waals surface area contributed by atoms with E-state index in [4.69, 9.17) is 0 Å². The first-order valence-corrected chi connectivity index (χ1v) is 13.6. The van der Waals surface area contributed by atoms with Gasteiger partial charge in [0.25, 0.3) is 0 Å². The van der Waals surface area contributed by atoms with Gasteiger partial charge in [-0.15, -0.1) is 6.58 Å². The Morgan fingerprint density at radius 3 is 2.50 bits per heavy atom. The smallest absolute Gasteiger partial charge is 0.121 e. The lowest BCUT2D eigenvalue weighted by atomic mass is 10.1. The fourth-order valence-corrected chi connectivity index (χ4v) is 4.46. The Balaban J connectivity index is 1.26. The van der Waals surface area contributed by atoms with E-state index in [1.165, 1.54) is 11.1 Å². The van der Waals surface area contributed by atoms with Crippen molar-refractivity contribution < 1.29 is 0 Å². The zero-order valence-electron chi connectivity index (χ0n) is 22.5. The Labute approximate surface area is 226 Å². The van der Waals surface area contributed by atoms with E-state index in [1.807, 2.05) is 42.6 Å². The molecule has 0 aliphatic carbocycles. The summed E-state index contributed by atoms with van der Waals surface area (Å²) in [5.41, 5.74) is 5.76. The lowest BCUT2D eigenvalue weighted by Gasteiger charge is -2.30. The molecule has 200 valence electrons. The summed E-state index contributed by atoms with van der Waals surface area (Å²) < 4.78 is 0. The summed E-state index contributed by atoms with van der Waals surface area (Å²) in [7, 11) is 0. The fraction of sp³-hybridized carbons (Fsp3) is 0.355. The molecule has 4 aromatic rings. The van der Waals surface area contributed by atoms with Crippen molar-refractivity contribution >= 4 is 11.0 Å². The molecule has 1 unspecified atom stereocenters. The topological polar surface area (TPSA) is 80.9 Å². The van der Waals surface area contributed by atoms with E-state index in [-0.39, 0.29) is 0 Å². The van der Waals surface area contributed by atoms with E-state index < -0.39 is 0 Å². The zero-order chi connectivity index (χ0) is 26.4. The van der Waals surface area contributed by atoms with Gasteiger partial charge in [0.1, 0.15) is 5.82 Å². The van der Waals surface area contributed by atoms with Crippen LogP contribution in [-0.4, -0.2) is 52.1 Å². The summed E-state index contributed by atoms with van der Waals surface area (Å²) >= 11 is 0. The van der Waals surface area contributed by atoms with E-state index in [1.54, 1.807) is 0 Å². The molecular formula is C31H41N7. The molecule has 4 rings (SSSR count). The van der Waals surface area contributed by atoms with Crippen LogP contribution in [0.15, 0.2) is 85.6 Å². The molecule has 4 N–H and O–H groups in total. The molecule has 1 atom stereocenters. The molecule has 0 bridgehead atoms. The van der Waals surface area contributed by atoms with Gasteiger partial charge in [0.15, 0.2) is 0 Å². The van der Waals surface area contributed by atoms with Crippen LogP contribution >= 0.6 is 0 Å². The number of rotatable bonds is 17. The van der Waals surface area contributed by atoms with Gasteiger partial charge in [-0.1, -0.05) is 48.5 Å². The molecule has 38 heavy (non-hydrogen) atoms. The average Bonchev–Trinajstić information content (AvgIpc) is 3.36. The third-order valence-electron chi connectivity index (χ3n) is 6.67. The first kappa shape index (κ1) is 27.7. The normalized spacial score (nSPS) is 12.3. The molecule has 7 nitrogen and oxygen atoms in total. The minimum absolute atomic E-state index is 0.394. The fourth-order valence-electron chi connectivity index (χ4n) is 4.46. The van der Waals surface area contributed by atoms with Crippen LogP contribution in [-0.2, 0) is 26.2 Å². The van der Waals surface area contributed by atoms with E-state index in [0.717, 1.165) is 74.8 Å². The summed E-state index contributed by atoms with van der Waals surface area (Å²) in [4.78, 5) is 15.0. The summed E-state index contributed by atoms with van der Waals surface area (Å²) in [5, 5.41) is 10.6. The highest BCUT2D eigenvalue weighted by Crippen LogP contribution is 2.12. The molecule has 2 aromatic heterocycles. The van der Waals surface area contributed by atoms with Crippen molar-refractivity contribution in [1.29, 1.82) is 0 Å². The number of aromatic nitrogens is 3. The summed E-state index contributed by atoms with van der Waals surface area (Å²) in [6, 6.07) is 23.5. The van der Waals surface area contributed by atoms with Crippen LogP contribution in [0.2, 0.25) is 0 Å². The van der Waals surface area contributed by atoms with E-state index in [9.17, 15) is 0 Å². The Hall–Kier alpha value is -3.36. The van der Waals surface area contributed by atoms with Gasteiger partial charge < -0.3 is 20.9 Å². The number of H-pyrrole nitrogens is 1. The van der Waals surface area contributed by atoms with Gasteiger partial charge in [-0.05, 0) is 55.3 Å². The third kappa shape index (κ3) is 8.89. The molecular weight excluding hydrogens is 470 g/mol. The number of aromatic amines is 1. The van der Waals surface area contributed by atoms with Crippen molar-refractivity contribution in [3.63, 3.8) is 0 Å². The second-order valence-corrected chi connectivity index (χ2v) is 9.72. The van der Waals surface area contributed by atoms with Gasteiger partial charge in [0.2, 0.25) is 0 Å². The number of hydrogen-bond acceptors (Lipinski definition) is 6. The third-order valence-corrected chi connectivity index (χ3v) is 6.67. The van der Waals surface area contributed by atoms with Gasteiger partial charge in [-0.25, -0.2) is 4.98 Å². The molecule has 0 spiro atoms. The molecule has 2 aromatic carbocycles. The Kier molecular flexibility index (Phi) is 11.0. The van der Waals surface area contributed by atoms with Crippen molar-refractivity contribution in [2.45, 2.75) is 45.6 Å². The maximum absolute atomic E-state index is 4.64. The number of benzene rings is 2. The largest absolute Gasteiger partial charge is 0.341 e. The van der Waals surface area contributed by atoms with E-state index >= 15 is 0 Å². The molecule has 0 aliphatic heterocycles. The molecule has 0 saturated heterocycles. The van der Waals surface area contributed by atoms with Crippen LogP contribution in [0.25, 0.3) is 11.0 Å². The Morgan fingerprint density at radius 1 is 0.895 bits per heavy atom. The van der Waals surface area contributed by atoms with Gasteiger partial charge in [0.05, 0.1) is 23.3 Å². The maximum atomic E-state index is 4.64. The monoisotopic (exact) mass is 511 g/mol. The quantitative estimate of drug-likeness (QED) is 0.124. The summed E-state index contributed by atoms with van der Waals surface area (Å²) in [6.07, 6.45) is 4.80. The van der Waals surface area contributed by atoms with Crippen molar-refractivity contribution in [3.05, 3.63) is 108 Å². The van der Waals surface area contributed by atoms with E-state index in [2.05, 4.69) is 85.7 Å². The lowest BCUT2D eigenvalue weighted by molar-refractivity contribution is 0.196. The summed E-state index contributed by atoms with van der Waals surface area (Å²) in [6.45, 7) is 13.2. The van der Waals surface area contributed by atoms with Gasteiger partial charge in [-0.3, -0.25) is 9.88 Å². The predicted molar refractivity (Wildman–Crippen MR) is 157 cm³/mol. The van der Waals surface area contributed by atoms with E-state index in [0.29, 0.717) is 12.6 Å².